The largest absolute Gasteiger partial charge is 2.00 e. The van der Waals surface area contributed by atoms with Crippen LogP contribution in [0.15, 0.2) is 0 Å². The van der Waals surface area contributed by atoms with Crippen LogP contribution in [-0.2, 0) is 10.4 Å². The van der Waals surface area contributed by atoms with Gasteiger partial charge >= 0.3 is 33.5 Å². The molecule has 0 atom stereocenters. The van der Waals surface area contributed by atoms with Gasteiger partial charge in [-0.3, -0.25) is 9.11 Å². The first-order valence-corrected chi connectivity index (χ1v) is 2.10. The minimum absolute atomic E-state index is 0. The molecule has 0 aliphatic heterocycles. The molecule has 0 saturated carbocycles. The average molecular weight is 196 g/mol. The van der Waals surface area contributed by atoms with Crippen molar-refractivity contribution < 1.29 is 42.3 Å². The van der Waals surface area contributed by atoms with Gasteiger partial charge in [0.15, 0.2) is 0 Å². The van der Waals surface area contributed by atoms with E-state index in [1.807, 2.05) is 0 Å². The van der Waals surface area contributed by atoms with E-state index >= 15 is 0 Å². The van der Waals surface area contributed by atoms with Crippen LogP contribution < -0.4 is 0 Å². The van der Waals surface area contributed by atoms with Gasteiger partial charge < -0.3 is 24.8 Å². The van der Waals surface area contributed by atoms with E-state index in [0.717, 1.165) is 0 Å². The normalized spacial score (nSPS) is 5.80. The second-order valence-corrected chi connectivity index (χ2v) is 1.34. The van der Waals surface area contributed by atoms with E-state index in [0.29, 0.717) is 0 Å². The van der Waals surface area contributed by atoms with Crippen LogP contribution in [0, 0.1) is 0 Å². The summed E-state index contributed by atoms with van der Waals surface area (Å²) >= 11 is 0. The van der Waals surface area contributed by atoms with Crippen LogP contribution in [0.4, 0.5) is 0 Å². The standard InChI is InChI=1S/Mg.H2O4S.4H2O.2H/c;1-5(2,3)4;;;;;;/h;(H2,1,2,3,4);4*1H2;;/q+2;;;;;;2*-1. The number of rotatable bonds is 0. The Kier molecular flexibility index (Phi) is 76.2. The Morgan fingerprint density at radius 1 is 0.900 bits per heavy atom. The molecule has 10 heavy (non-hydrogen) atoms. The fourth-order valence-corrected chi connectivity index (χ4v) is 0. The molecule has 8 nitrogen and oxygen atoms in total. The SMILES string of the molecule is O.O.O.O.O=S(=O)(O)O.[H-].[H-].[Mg+2]. The molecule has 0 aromatic heterocycles. The maximum Gasteiger partial charge on any atom is 2.00 e. The van der Waals surface area contributed by atoms with Gasteiger partial charge in [-0.2, -0.15) is 8.42 Å². The third kappa shape index (κ3) is 2090. The molecule has 0 radical (unpaired) electrons. The molecule has 0 aromatic rings. The molecule has 0 spiro atoms. The van der Waals surface area contributed by atoms with Crippen LogP contribution in [0.1, 0.15) is 2.85 Å². The molecule has 0 aliphatic rings. The van der Waals surface area contributed by atoms with Gasteiger partial charge in [-0.15, -0.1) is 0 Å². The monoisotopic (exact) mass is 196 g/mol. The van der Waals surface area contributed by atoms with Crippen molar-refractivity contribution >= 4 is 33.5 Å². The maximum absolute atomic E-state index is 8.74. The van der Waals surface area contributed by atoms with Crippen molar-refractivity contribution in [3.05, 3.63) is 0 Å². The Bertz CT molecular complexity index is 100. The van der Waals surface area contributed by atoms with Crippen molar-refractivity contribution in [1.29, 1.82) is 0 Å². The van der Waals surface area contributed by atoms with Gasteiger partial charge in [0.1, 0.15) is 0 Å². The number of hydrogen-bond donors (Lipinski definition) is 2. The van der Waals surface area contributed by atoms with Crippen molar-refractivity contribution in [2.24, 2.45) is 0 Å². The van der Waals surface area contributed by atoms with Crippen molar-refractivity contribution in [2.75, 3.05) is 0 Å². The summed E-state index contributed by atoms with van der Waals surface area (Å²) in [4.78, 5) is 0. The van der Waals surface area contributed by atoms with Crippen molar-refractivity contribution in [3.63, 3.8) is 0 Å². The van der Waals surface area contributed by atoms with E-state index in [9.17, 15) is 0 Å². The van der Waals surface area contributed by atoms with Crippen LogP contribution in [0.3, 0.4) is 0 Å². The Labute approximate surface area is 76.2 Å². The van der Waals surface area contributed by atoms with Crippen LogP contribution in [0.25, 0.3) is 0 Å². The predicted molar refractivity (Wildman–Crippen MR) is 36.6 cm³/mol. The quantitative estimate of drug-likeness (QED) is 0.293. The van der Waals surface area contributed by atoms with Crippen molar-refractivity contribution in [2.45, 2.75) is 0 Å². The Morgan fingerprint density at radius 3 is 0.900 bits per heavy atom. The van der Waals surface area contributed by atoms with Gasteiger partial charge in [0, 0.05) is 0 Å². The van der Waals surface area contributed by atoms with E-state index in [4.69, 9.17) is 17.5 Å². The van der Waals surface area contributed by atoms with E-state index in [-0.39, 0.29) is 47.8 Å². The molecule has 0 heterocycles. The second kappa shape index (κ2) is 16.2. The molecule has 10 heteroatoms. The van der Waals surface area contributed by atoms with Crippen LogP contribution in [0.5, 0.6) is 0 Å². The van der Waals surface area contributed by atoms with Gasteiger partial charge in [0.05, 0.1) is 0 Å². The molecular formula is H12MgO8S. The summed E-state index contributed by atoms with van der Waals surface area (Å²) in [5.74, 6) is 0. The summed E-state index contributed by atoms with van der Waals surface area (Å²) in [7, 11) is -4.67. The molecule has 0 unspecified atom stereocenters. The molecule has 0 bridgehead atoms. The minimum atomic E-state index is -4.67. The van der Waals surface area contributed by atoms with Crippen LogP contribution in [-0.4, -0.2) is 62.5 Å². The number of hydrogen-bond acceptors (Lipinski definition) is 2. The first-order chi connectivity index (χ1) is 2.00. The predicted octanol–water partition coefficient (Wildman–Crippen LogP) is -4.11. The Morgan fingerprint density at radius 2 is 0.900 bits per heavy atom. The van der Waals surface area contributed by atoms with Crippen LogP contribution in [0.2, 0.25) is 0 Å². The van der Waals surface area contributed by atoms with Gasteiger partial charge in [0.25, 0.3) is 0 Å². The molecule has 0 rings (SSSR count). The Hall–Kier alpha value is 0.476. The zero-order chi connectivity index (χ0) is 4.50. The van der Waals surface area contributed by atoms with Gasteiger partial charge in [-0.25, -0.2) is 0 Å². The average Bonchev–Trinajstić information content (AvgIpc) is 0.722. The minimum Gasteiger partial charge on any atom is -1.00 e. The van der Waals surface area contributed by atoms with Gasteiger partial charge in [-0.05, 0) is 0 Å². The molecule has 0 fully saturated rings. The maximum atomic E-state index is 8.74. The summed E-state index contributed by atoms with van der Waals surface area (Å²) in [5, 5.41) is 0. The van der Waals surface area contributed by atoms with Gasteiger partial charge in [-0.1, -0.05) is 0 Å². The van der Waals surface area contributed by atoms with Gasteiger partial charge in [0.2, 0.25) is 0 Å². The molecule has 0 amide bonds. The first-order valence-electron chi connectivity index (χ1n) is 0.698. The zero-order valence-corrected chi connectivity index (χ0v) is 7.06. The fraction of sp³-hybridized carbons (Fsp3) is 0. The third-order valence-electron chi connectivity index (χ3n) is 0. The summed E-state index contributed by atoms with van der Waals surface area (Å²) in [6.45, 7) is 0. The summed E-state index contributed by atoms with van der Waals surface area (Å²) in [6, 6.07) is 0. The molecule has 0 saturated heterocycles. The first kappa shape index (κ1) is 47.0. The van der Waals surface area contributed by atoms with Crippen molar-refractivity contribution in [3.8, 4) is 0 Å². The Balaban J connectivity index is -0.00000000381. The summed E-state index contributed by atoms with van der Waals surface area (Å²) in [6.07, 6.45) is 0. The molecule has 10 N–H and O–H groups in total. The third-order valence-corrected chi connectivity index (χ3v) is 0. The molecule has 68 valence electrons. The second-order valence-electron chi connectivity index (χ2n) is 0.448. The molecule has 0 aromatic carbocycles. The summed E-state index contributed by atoms with van der Waals surface area (Å²) in [5.41, 5.74) is 0. The van der Waals surface area contributed by atoms with Crippen LogP contribution >= 0.6 is 0 Å². The van der Waals surface area contributed by atoms with E-state index < -0.39 is 10.4 Å². The van der Waals surface area contributed by atoms with Crippen molar-refractivity contribution in [1.82, 2.24) is 0 Å². The smallest absolute Gasteiger partial charge is 1.00 e. The summed E-state index contributed by atoms with van der Waals surface area (Å²) < 4.78 is 31.6. The van der Waals surface area contributed by atoms with E-state index in [2.05, 4.69) is 0 Å². The zero-order valence-electron chi connectivity index (χ0n) is 6.83. The fourth-order valence-electron chi connectivity index (χ4n) is 0. The topological polar surface area (TPSA) is 201 Å². The molecular weight excluding hydrogens is 184 g/mol. The molecule has 0 aliphatic carbocycles. The van der Waals surface area contributed by atoms with E-state index in [1.165, 1.54) is 0 Å². The van der Waals surface area contributed by atoms with E-state index in [1.54, 1.807) is 0 Å².